The second kappa shape index (κ2) is 8.46. The fraction of sp³-hybridized carbons (Fsp3) is 0.174. The number of nitrogens with one attached hydrogen (secondary N) is 1. The van der Waals surface area contributed by atoms with Crippen molar-refractivity contribution in [2.75, 3.05) is 18.3 Å². The van der Waals surface area contributed by atoms with Crippen LogP contribution < -0.4 is 24.4 Å². The summed E-state index contributed by atoms with van der Waals surface area (Å²) in [4.78, 5) is 38.9. The zero-order valence-electron chi connectivity index (χ0n) is 17.2. The molecule has 2 aromatic rings. The Morgan fingerprint density at radius 1 is 1.19 bits per heavy atom. The molecule has 164 valence electrons. The normalized spacial score (nSPS) is 16.3. The van der Waals surface area contributed by atoms with E-state index >= 15 is 0 Å². The molecule has 9 heteroatoms. The van der Waals surface area contributed by atoms with E-state index in [9.17, 15) is 19.5 Å². The molecule has 0 unspecified atom stereocenters. The molecule has 4 amide bonds. The van der Waals surface area contributed by atoms with Gasteiger partial charge in [-0.05, 0) is 49.2 Å². The molecule has 4 rings (SSSR count). The molecule has 0 bridgehead atoms. The summed E-state index contributed by atoms with van der Waals surface area (Å²) in [5.41, 5.74) is 0.940. The highest BCUT2D eigenvalue weighted by Crippen LogP contribution is 2.37. The molecule has 2 heterocycles. The molecular formula is C23H20N2O7. The Bertz CT molecular complexity index is 1170. The number of benzene rings is 2. The maximum atomic E-state index is 13.1. The first kappa shape index (κ1) is 21.0. The molecule has 0 aliphatic carbocycles. The summed E-state index contributed by atoms with van der Waals surface area (Å²) >= 11 is 0. The number of rotatable bonds is 6. The van der Waals surface area contributed by atoms with E-state index in [0.29, 0.717) is 35.7 Å². The number of hydrogen-bond acceptors (Lipinski definition) is 7. The molecular weight excluding hydrogens is 416 g/mol. The summed E-state index contributed by atoms with van der Waals surface area (Å²) in [6, 6.07) is 6.85. The molecule has 2 N–H and O–H groups in total. The summed E-state index contributed by atoms with van der Waals surface area (Å²) in [5, 5.41) is 12.6. The van der Waals surface area contributed by atoms with Gasteiger partial charge in [0.2, 0.25) is 6.79 Å². The number of nitrogens with zero attached hydrogens (tertiary/aromatic N) is 1. The van der Waals surface area contributed by atoms with Crippen LogP contribution in [0.5, 0.6) is 23.0 Å². The van der Waals surface area contributed by atoms with Crippen LogP contribution in [0.3, 0.4) is 0 Å². The van der Waals surface area contributed by atoms with E-state index < -0.39 is 17.8 Å². The second-order valence-electron chi connectivity index (χ2n) is 6.95. The number of fused-ring (bicyclic) bond motifs is 1. The van der Waals surface area contributed by atoms with Gasteiger partial charge < -0.3 is 19.3 Å². The standard InChI is InChI=1S/C23H20N2O7/c1-3-5-14-8-13(10-19(20(14)26)30-4-2)9-16-21(27)24-23(29)25(22(16)28)15-6-7-17-18(11-15)32-12-31-17/h3,6-11,26H,1,4-5,12H2,2H3,(H,24,27,29). The summed E-state index contributed by atoms with van der Waals surface area (Å²) < 4.78 is 16.0. The molecule has 2 aliphatic rings. The van der Waals surface area contributed by atoms with Gasteiger partial charge in [-0.15, -0.1) is 6.58 Å². The van der Waals surface area contributed by atoms with Crippen molar-refractivity contribution in [2.45, 2.75) is 13.3 Å². The summed E-state index contributed by atoms with van der Waals surface area (Å²) in [7, 11) is 0. The number of carbonyl (C=O) groups excluding carboxylic acids is 3. The van der Waals surface area contributed by atoms with Crippen LogP contribution in [0.1, 0.15) is 18.1 Å². The quantitative estimate of drug-likeness (QED) is 0.407. The highest BCUT2D eigenvalue weighted by atomic mass is 16.7. The predicted molar refractivity (Wildman–Crippen MR) is 115 cm³/mol. The summed E-state index contributed by atoms with van der Waals surface area (Å²) in [5.74, 6) is -0.564. The lowest BCUT2D eigenvalue weighted by molar-refractivity contribution is -0.122. The van der Waals surface area contributed by atoms with Crippen molar-refractivity contribution in [1.29, 1.82) is 0 Å². The largest absolute Gasteiger partial charge is 0.504 e. The fourth-order valence-electron chi connectivity index (χ4n) is 3.43. The van der Waals surface area contributed by atoms with Gasteiger partial charge in [-0.25, -0.2) is 9.69 Å². The molecule has 0 radical (unpaired) electrons. The Labute approximate surface area is 183 Å². The van der Waals surface area contributed by atoms with E-state index in [-0.39, 0.29) is 29.6 Å². The first-order valence-electron chi connectivity index (χ1n) is 9.83. The third kappa shape index (κ3) is 3.76. The zero-order valence-corrected chi connectivity index (χ0v) is 17.2. The van der Waals surface area contributed by atoms with Gasteiger partial charge in [-0.1, -0.05) is 6.08 Å². The van der Waals surface area contributed by atoms with Crippen LogP contribution in [-0.4, -0.2) is 36.4 Å². The smallest absolute Gasteiger partial charge is 0.335 e. The van der Waals surface area contributed by atoms with E-state index in [1.54, 1.807) is 25.1 Å². The molecule has 9 nitrogen and oxygen atoms in total. The van der Waals surface area contributed by atoms with E-state index in [1.165, 1.54) is 24.3 Å². The summed E-state index contributed by atoms with van der Waals surface area (Å²) in [6.45, 7) is 5.79. The SMILES string of the molecule is C=CCc1cc(C=C2C(=O)NC(=O)N(c3ccc4c(c3)OCO4)C2=O)cc(OCC)c1O. The molecule has 0 spiro atoms. The van der Waals surface area contributed by atoms with Gasteiger partial charge in [0.15, 0.2) is 23.0 Å². The van der Waals surface area contributed by atoms with Crippen molar-refractivity contribution in [3.05, 3.63) is 59.7 Å². The minimum Gasteiger partial charge on any atom is -0.504 e. The van der Waals surface area contributed by atoms with Gasteiger partial charge in [0.05, 0.1) is 12.3 Å². The average molecular weight is 436 g/mol. The molecule has 32 heavy (non-hydrogen) atoms. The minimum absolute atomic E-state index is 0.0366. The van der Waals surface area contributed by atoms with Gasteiger partial charge in [-0.2, -0.15) is 0 Å². The number of ether oxygens (including phenoxy) is 3. The lowest BCUT2D eigenvalue weighted by Crippen LogP contribution is -2.54. The van der Waals surface area contributed by atoms with Crippen LogP contribution >= 0.6 is 0 Å². The lowest BCUT2D eigenvalue weighted by Gasteiger charge is -2.26. The number of phenols is 1. The molecule has 0 atom stereocenters. The minimum atomic E-state index is -0.871. The maximum absolute atomic E-state index is 13.1. The first-order valence-corrected chi connectivity index (χ1v) is 9.83. The maximum Gasteiger partial charge on any atom is 0.335 e. The van der Waals surface area contributed by atoms with E-state index in [1.807, 2.05) is 0 Å². The Balaban J connectivity index is 1.74. The number of amides is 4. The molecule has 1 saturated heterocycles. The Morgan fingerprint density at radius 2 is 1.97 bits per heavy atom. The van der Waals surface area contributed by atoms with Gasteiger partial charge >= 0.3 is 6.03 Å². The Morgan fingerprint density at radius 3 is 2.72 bits per heavy atom. The number of carbonyl (C=O) groups is 3. The third-order valence-electron chi connectivity index (χ3n) is 4.87. The number of anilines is 1. The number of aromatic hydroxyl groups is 1. The molecule has 1 fully saturated rings. The monoisotopic (exact) mass is 436 g/mol. The van der Waals surface area contributed by atoms with Crippen LogP contribution in [0.2, 0.25) is 0 Å². The van der Waals surface area contributed by atoms with Crippen LogP contribution in [0, 0.1) is 0 Å². The number of urea groups is 1. The molecule has 0 aromatic heterocycles. The zero-order chi connectivity index (χ0) is 22.8. The first-order chi connectivity index (χ1) is 15.4. The number of allylic oxidation sites excluding steroid dienone is 1. The Hall–Kier alpha value is -4.27. The fourth-order valence-corrected chi connectivity index (χ4v) is 3.43. The highest BCUT2D eigenvalue weighted by molar-refractivity contribution is 6.39. The average Bonchev–Trinajstić information content (AvgIpc) is 3.22. The van der Waals surface area contributed by atoms with Crippen LogP contribution in [0.25, 0.3) is 6.08 Å². The Kier molecular flexibility index (Phi) is 5.55. The third-order valence-corrected chi connectivity index (χ3v) is 4.87. The molecule has 0 saturated carbocycles. The van der Waals surface area contributed by atoms with Crippen LogP contribution in [0.4, 0.5) is 10.5 Å². The number of barbiturate groups is 1. The number of hydrogen-bond donors (Lipinski definition) is 2. The van der Waals surface area contributed by atoms with Crippen molar-refractivity contribution >= 4 is 29.6 Å². The van der Waals surface area contributed by atoms with Crippen LogP contribution in [-0.2, 0) is 16.0 Å². The van der Waals surface area contributed by atoms with Crippen LogP contribution in [0.15, 0.2) is 48.6 Å². The van der Waals surface area contributed by atoms with Crippen molar-refractivity contribution in [3.8, 4) is 23.0 Å². The molecule has 2 aromatic carbocycles. The van der Waals surface area contributed by atoms with Gasteiger partial charge in [0, 0.05) is 11.6 Å². The summed E-state index contributed by atoms with van der Waals surface area (Å²) in [6.07, 6.45) is 3.31. The van der Waals surface area contributed by atoms with Gasteiger partial charge in [0.1, 0.15) is 5.57 Å². The van der Waals surface area contributed by atoms with Crippen molar-refractivity contribution in [3.63, 3.8) is 0 Å². The topological polar surface area (TPSA) is 114 Å². The molecule has 2 aliphatic heterocycles. The second-order valence-corrected chi connectivity index (χ2v) is 6.95. The van der Waals surface area contributed by atoms with Gasteiger partial charge in [-0.3, -0.25) is 14.9 Å². The lowest BCUT2D eigenvalue weighted by atomic mass is 10.0. The van der Waals surface area contributed by atoms with E-state index in [2.05, 4.69) is 11.9 Å². The van der Waals surface area contributed by atoms with E-state index in [0.717, 1.165) is 4.90 Å². The number of imide groups is 2. The predicted octanol–water partition coefficient (Wildman–Crippen LogP) is 2.91. The van der Waals surface area contributed by atoms with Crippen molar-refractivity contribution in [2.24, 2.45) is 0 Å². The van der Waals surface area contributed by atoms with Crippen molar-refractivity contribution in [1.82, 2.24) is 5.32 Å². The highest BCUT2D eigenvalue weighted by Gasteiger charge is 2.37. The van der Waals surface area contributed by atoms with Gasteiger partial charge in [0.25, 0.3) is 11.8 Å². The van der Waals surface area contributed by atoms with E-state index in [4.69, 9.17) is 14.2 Å². The van der Waals surface area contributed by atoms with Crippen molar-refractivity contribution < 1.29 is 33.7 Å². The number of phenolic OH excluding ortho intramolecular Hbond substituents is 1.